The summed E-state index contributed by atoms with van der Waals surface area (Å²) in [6.45, 7) is 9.00. The average Bonchev–Trinajstić information content (AvgIpc) is 2.64. The van der Waals surface area contributed by atoms with Gasteiger partial charge in [-0.25, -0.2) is 0 Å². The molecule has 0 saturated carbocycles. The van der Waals surface area contributed by atoms with Gasteiger partial charge in [0, 0.05) is 37.1 Å². The number of nitrogens with one attached hydrogen (secondary N) is 1. The van der Waals surface area contributed by atoms with Crippen LogP contribution in [-0.2, 0) is 4.79 Å². The molecule has 5 nitrogen and oxygen atoms in total. The Balaban J connectivity index is 1.93. The molecule has 0 radical (unpaired) electrons. The number of aromatic nitrogens is 1. The van der Waals surface area contributed by atoms with Crippen molar-refractivity contribution >= 4 is 22.7 Å². The van der Waals surface area contributed by atoms with E-state index < -0.39 is 0 Å². The van der Waals surface area contributed by atoms with Crippen LogP contribution in [0, 0.1) is 20.8 Å². The molecule has 5 heteroatoms. The van der Waals surface area contributed by atoms with Gasteiger partial charge >= 0.3 is 0 Å². The van der Waals surface area contributed by atoms with Crippen LogP contribution in [0.4, 0.5) is 0 Å². The van der Waals surface area contributed by atoms with E-state index in [0.717, 1.165) is 60.0 Å². The highest BCUT2D eigenvalue weighted by Gasteiger charge is 2.28. The van der Waals surface area contributed by atoms with E-state index in [9.17, 15) is 9.59 Å². The van der Waals surface area contributed by atoms with Gasteiger partial charge in [0.15, 0.2) is 0 Å². The lowest BCUT2D eigenvalue weighted by Crippen LogP contribution is -2.45. The van der Waals surface area contributed by atoms with Gasteiger partial charge in [-0.3, -0.25) is 14.6 Å². The summed E-state index contributed by atoms with van der Waals surface area (Å²) in [7, 11) is 0. The van der Waals surface area contributed by atoms with E-state index in [2.05, 4.69) is 25.2 Å². The van der Waals surface area contributed by atoms with Crippen molar-refractivity contribution in [1.29, 1.82) is 0 Å². The monoisotopic (exact) mass is 367 g/mol. The molecular weight excluding hydrogens is 338 g/mol. The predicted molar refractivity (Wildman–Crippen MR) is 108 cm³/mol. The highest BCUT2D eigenvalue weighted by atomic mass is 16.2. The summed E-state index contributed by atoms with van der Waals surface area (Å²) in [4.78, 5) is 31.4. The molecule has 1 aliphatic heterocycles. The van der Waals surface area contributed by atoms with E-state index in [4.69, 9.17) is 4.98 Å². The number of carbonyl (C=O) groups is 2. The molecule has 1 fully saturated rings. The van der Waals surface area contributed by atoms with Crippen LogP contribution in [0.2, 0.25) is 0 Å². The second-order valence-corrected chi connectivity index (χ2v) is 7.63. The molecule has 0 aliphatic carbocycles. The fourth-order valence-corrected chi connectivity index (χ4v) is 3.97. The zero-order valence-corrected chi connectivity index (χ0v) is 16.8. The van der Waals surface area contributed by atoms with E-state index in [0.29, 0.717) is 6.54 Å². The quantitative estimate of drug-likeness (QED) is 0.897. The van der Waals surface area contributed by atoms with Gasteiger partial charge in [0.25, 0.3) is 5.91 Å². The Morgan fingerprint density at radius 3 is 2.74 bits per heavy atom. The van der Waals surface area contributed by atoms with E-state index in [1.54, 1.807) is 0 Å². The number of carbonyl (C=O) groups excluding carboxylic acids is 2. The van der Waals surface area contributed by atoms with Gasteiger partial charge in [-0.15, -0.1) is 0 Å². The summed E-state index contributed by atoms with van der Waals surface area (Å²) in [6.07, 6.45) is 3.95. The first-order chi connectivity index (χ1) is 12.9. The fraction of sp³-hybridized carbons (Fsp3) is 0.500. The molecular formula is C22H29N3O2. The number of nitrogens with zero attached hydrogens (tertiary/aromatic N) is 2. The van der Waals surface area contributed by atoms with Crippen LogP contribution >= 0.6 is 0 Å². The number of piperidine rings is 1. The normalized spacial score (nSPS) is 17.2. The molecule has 2 aromatic rings. The third kappa shape index (κ3) is 4.12. The van der Waals surface area contributed by atoms with Crippen LogP contribution in [0.3, 0.4) is 0 Å². The standard InChI is InChI=1S/C22H29N3O2/c1-14-8-9-19-20(13-15(2)24-21(19)16(14)3)22(27)25-12-6-5-7-18(25)10-11-23-17(4)26/h8-9,13,18H,5-7,10-12H2,1-4H3,(H,23,26)/t18-/m1/s1. The van der Waals surface area contributed by atoms with Gasteiger partial charge in [-0.05, 0) is 63.6 Å². The van der Waals surface area contributed by atoms with Crippen molar-refractivity contribution in [2.75, 3.05) is 13.1 Å². The maximum absolute atomic E-state index is 13.5. The maximum Gasteiger partial charge on any atom is 0.254 e. The summed E-state index contributed by atoms with van der Waals surface area (Å²) >= 11 is 0. The third-order valence-electron chi connectivity index (χ3n) is 5.60. The van der Waals surface area contributed by atoms with Crippen molar-refractivity contribution in [3.05, 3.63) is 40.6 Å². The van der Waals surface area contributed by atoms with Crippen LogP contribution in [-0.4, -0.2) is 40.8 Å². The fourth-order valence-electron chi connectivity index (χ4n) is 3.97. The highest BCUT2D eigenvalue weighted by Crippen LogP contribution is 2.28. The number of hydrogen-bond acceptors (Lipinski definition) is 3. The largest absolute Gasteiger partial charge is 0.356 e. The smallest absolute Gasteiger partial charge is 0.254 e. The molecule has 1 aliphatic rings. The maximum atomic E-state index is 13.5. The van der Waals surface area contributed by atoms with E-state index in [1.165, 1.54) is 12.5 Å². The molecule has 27 heavy (non-hydrogen) atoms. The average molecular weight is 367 g/mol. The van der Waals surface area contributed by atoms with Gasteiger partial charge in [-0.2, -0.15) is 0 Å². The molecule has 1 atom stereocenters. The Labute approximate surface area is 161 Å². The minimum Gasteiger partial charge on any atom is -0.356 e. The Morgan fingerprint density at radius 2 is 2.00 bits per heavy atom. The summed E-state index contributed by atoms with van der Waals surface area (Å²) < 4.78 is 0. The molecule has 3 rings (SSSR count). The first-order valence-electron chi connectivity index (χ1n) is 9.81. The molecule has 1 aromatic heterocycles. The van der Waals surface area contributed by atoms with Crippen LogP contribution in [0.1, 0.15) is 59.8 Å². The van der Waals surface area contributed by atoms with Crippen molar-refractivity contribution < 1.29 is 9.59 Å². The Morgan fingerprint density at radius 1 is 1.22 bits per heavy atom. The minimum absolute atomic E-state index is 0.0229. The molecule has 2 heterocycles. The van der Waals surface area contributed by atoms with Crippen LogP contribution in [0.25, 0.3) is 10.9 Å². The topological polar surface area (TPSA) is 62.3 Å². The highest BCUT2D eigenvalue weighted by molar-refractivity contribution is 6.07. The minimum atomic E-state index is -0.0229. The number of fused-ring (bicyclic) bond motifs is 1. The molecule has 0 bridgehead atoms. The van der Waals surface area contributed by atoms with Crippen LogP contribution in [0.15, 0.2) is 18.2 Å². The van der Waals surface area contributed by atoms with Crippen molar-refractivity contribution in [1.82, 2.24) is 15.2 Å². The summed E-state index contributed by atoms with van der Waals surface area (Å²) in [6, 6.07) is 6.18. The number of aryl methyl sites for hydroxylation is 3. The number of pyridine rings is 1. The summed E-state index contributed by atoms with van der Waals surface area (Å²) in [5.41, 5.74) is 4.85. The molecule has 144 valence electrons. The SMILES string of the molecule is CC(=O)NCC[C@H]1CCCCN1C(=O)c1cc(C)nc2c(C)c(C)ccc12. The van der Waals surface area contributed by atoms with E-state index >= 15 is 0 Å². The van der Waals surface area contributed by atoms with Crippen LogP contribution < -0.4 is 5.32 Å². The molecule has 0 unspecified atom stereocenters. The zero-order chi connectivity index (χ0) is 19.6. The Hall–Kier alpha value is -2.43. The van der Waals surface area contributed by atoms with E-state index in [1.807, 2.05) is 24.0 Å². The molecule has 0 spiro atoms. The zero-order valence-electron chi connectivity index (χ0n) is 16.8. The van der Waals surface area contributed by atoms with Crippen molar-refractivity contribution in [2.45, 2.75) is 59.4 Å². The van der Waals surface area contributed by atoms with Gasteiger partial charge in [-0.1, -0.05) is 12.1 Å². The van der Waals surface area contributed by atoms with Gasteiger partial charge in [0.05, 0.1) is 11.1 Å². The molecule has 2 amide bonds. The number of amides is 2. The Bertz CT molecular complexity index is 875. The number of hydrogen-bond donors (Lipinski definition) is 1. The first kappa shape index (κ1) is 19.3. The second kappa shape index (κ2) is 8.07. The molecule has 1 N–H and O–H groups in total. The summed E-state index contributed by atoms with van der Waals surface area (Å²) in [5.74, 6) is 0.0616. The predicted octanol–water partition coefficient (Wildman–Crippen LogP) is 3.68. The number of rotatable bonds is 4. The van der Waals surface area contributed by atoms with Gasteiger partial charge in [0.2, 0.25) is 5.91 Å². The second-order valence-electron chi connectivity index (χ2n) is 7.63. The van der Waals surface area contributed by atoms with Crippen LogP contribution in [0.5, 0.6) is 0 Å². The van der Waals surface area contributed by atoms with E-state index in [-0.39, 0.29) is 17.9 Å². The molecule has 1 aromatic carbocycles. The Kier molecular flexibility index (Phi) is 5.78. The lowest BCUT2D eigenvalue weighted by Gasteiger charge is -2.36. The lowest BCUT2D eigenvalue weighted by atomic mass is 9.96. The van der Waals surface area contributed by atoms with Crippen molar-refractivity contribution in [3.8, 4) is 0 Å². The first-order valence-corrected chi connectivity index (χ1v) is 9.81. The lowest BCUT2D eigenvalue weighted by molar-refractivity contribution is -0.119. The number of benzene rings is 1. The summed E-state index contributed by atoms with van der Waals surface area (Å²) in [5, 5.41) is 3.79. The van der Waals surface area contributed by atoms with Crippen molar-refractivity contribution in [2.24, 2.45) is 0 Å². The van der Waals surface area contributed by atoms with Gasteiger partial charge < -0.3 is 10.2 Å². The van der Waals surface area contributed by atoms with Crippen molar-refractivity contribution in [3.63, 3.8) is 0 Å². The van der Waals surface area contributed by atoms with Gasteiger partial charge in [0.1, 0.15) is 0 Å². The third-order valence-corrected chi connectivity index (χ3v) is 5.60. The number of likely N-dealkylation sites (tertiary alicyclic amines) is 1. The molecule has 1 saturated heterocycles.